The number of aryl methyl sites for hydroxylation is 1. The van der Waals surface area contributed by atoms with E-state index in [4.69, 9.17) is 4.52 Å². The molecule has 0 bridgehead atoms. The molecular formula is C19H26N6O. The van der Waals surface area contributed by atoms with E-state index in [1.54, 1.807) is 7.05 Å². The average Bonchev–Trinajstić information content (AvgIpc) is 3.09. The second kappa shape index (κ2) is 9.15. The maximum absolute atomic E-state index is 5.13. The lowest BCUT2D eigenvalue weighted by atomic mass is 10.2. The van der Waals surface area contributed by atoms with E-state index in [9.17, 15) is 0 Å². The molecule has 1 N–H and O–H groups in total. The van der Waals surface area contributed by atoms with Crippen molar-refractivity contribution in [3.05, 3.63) is 53.7 Å². The molecule has 0 unspecified atom stereocenters. The van der Waals surface area contributed by atoms with E-state index in [-0.39, 0.29) is 0 Å². The molecule has 2 heterocycles. The lowest BCUT2D eigenvalue weighted by Crippen LogP contribution is -2.52. The molecule has 2 aromatic rings. The summed E-state index contributed by atoms with van der Waals surface area (Å²) in [6.07, 6.45) is 4.41. The fourth-order valence-electron chi connectivity index (χ4n) is 2.94. The number of aromatic nitrogens is 2. The lowest BCUT2D eigenvalue weighted by Gasteiger charge is -2.35. The highest BCUT2D eigenvalue weighted by molar-refractivity contribution is 5.79. The van der Waals surface area contributed by atoms with Gasteiger partial charge in [-0.3, -0.25) is 9.89 Å². The second-order valence-electron chi connectivity index (χ2n) is 6.24. The standard InChI is InChI=1S/C19H26N6O/c1-16-22-18(26-23-16)15-21-19(20-2)25-13-11-24(12-14-25)10-6-9-17-7-4-3-5-8-17/h3-9H,10-15H2,1-2H3,(H,20,21). The molecule has 3 rings (SSSR count). The van der Waals surface area contributed by atoms with Crippen molar-refractivity contribution in [2.75, 3.05) is 39.8 Å². The normalized spacial score (nSPS) is 16.4. The lowest BCUT2D eigenvalue weighted by molar-refractivity contribution is 0.194. The molecule has 0 saturated carbocycles. The van der Waals surface area contributed by atoms with Crippen molar-refractivity contribution in [1.82, 2.24) is 25.3 Å². The van der Waals surface area contributed by atoms with E-state index in [0.717, 1.165) is 38.7 Å². The van der Waals surface area contributed by atoms with E-state index in [1.165, 1.54) is 5.56 Å². The van der Waals surface area contributed by atoms with Gasteiger partial charge in [0.15, 0.2) is 11.8 Å². The van der Waals surface area contributed by atoms with Crippen LogP contribution < -0.4 is 5.32 Å². The molecule has 0 amide bonds. The molecule has 7 nitrogen and oxygen atoms in total. The van der Waals surface area contributed by atoms with Crippen LogP contribution in [-0.2, 0) is 6.54 Å². The summed E-state index contributed by atoms with van der Waals surface area (Å²) in [5.74, 6) is 2.10. The number of rotatable bonds is 5. The minimum Gasteiger partial charge on any atom is -0.347 e. The van der Waals surface area contributed by atoms with Crippen molar-refractivity contribution < 1.29 is 4.52 Å². The zero-order valence-electron chi connectivity index (χ0n) is 15.4. The predicted octanol–water partition coefficient (Wildman–Crippen LogP) is 1.78. The predicted molar refractivity (Wildman–Crippen MR) is 103 cm³/mol. The smallest absolute Gasteiger partial charge is 0.246 e. The van der Waals surface area contributed by atoms with Gasteiger partial charge in [-0.1, -0.05) is 47.6 Å². The Morgan fingerprint density at radius 3 is 2.65 bits per heavy atom. The highest BCUT2D eigenvalue weighted by Gasteiger charge is 2.19. The highest BCUT2D eigenvalue weighted by Crippen LogP contribution is 2.05. The first kappa shape index (κ1) is 18.1. The van der Waals surface area contributed by atoms with Gasteiger partial charge in [-0.2, -0.15) is 4.98 Å². The summed E-state index contributed by atoms with van der Waals surface area (Å²) in [6, 6.07) is 10.4. The summed E-state index contributed by atoms with van der Waals surface area (Å²) in [5, 5.41) is 7.10. The van der Waals surface area contributed by atoms with Crippen molar-refractivity contribution >= 4 is 12.0 Å². The first-order valence-electron chi connectivity index (χ1n) is 8.93. The number of aliphatic imine (C=N–C) groups is 1. The van der Waals surface area contributed by atoms with Crippen LogP contribution in [-0.4, -0.2) is 65.7 Å². The molecule has 1 saturated heterocycles. The molecule has 138 valence electrons. The molecule has 0 radical (unpaired) electrons. The molecule has 1 aromatic carbocycles. The van der Waals surface area contributed by atoms with Gasteiger partial charge in [0.05, 0.1) is 6.54 Å². The van der Waals surface area contributed by atoms with Crippen molar-refractivity contribution in [1.29, 1.82) is 0 Å². The van der Waals surface area contributed by atoms with E-state index in [0.29, 0.717) is 18.3 Å². The summed E-state index contributed by atoms with van der Waals surface area (Å²) in [4.78, 5) is 13.3. The summed E-state index contributed by atoms with van der Waals surface area (Å²) < 4.78 is 5.13. The van der Waals surface area contributed by atoms with Crippen LogP contribution in [0.5, 0.6) is 0 Å². The number of hydrogen-bond acceptors (Lipinski definition) is 5. The SMILES string of the molecule is CN=C(NCc1nc(C)no1)N1CCN(CC=Cc2ccccc2)CC1. The third-order valence-electron chi connectivity index (χ3n) is 4.32. The summed E-state index contributed by atoms with van der Waals surface area (Å²) in [5.41, 5.74) is 1.24. The molecule has 7 heteroatoms. The molecule has 0 aliphatic carbocycles. The van der Waals surface area contributed by atoms with Gasteiger partial charge in [-0.15, -0.1) is 0 Å². The third-order valence-corrected chi connectivity index (χ3v) is 4.32. The Labute approximate surface area is 154 Å². The van der Waals surface area contributed by atoms with E-state index in [2.05, 4.69) is 66.7 Å². The summed E-state index contributed by atoms with van der Waals surface area (Å²) >= 11 is 0. The van der Waals surface area contributed by atoms with Gasteiger partial charge in [0.1, 0.15) is 0 Å². The Bertz CT molecular complexity index is 731. The Morgan fingerprint density at radius 2 is 2.00 bits per heavy atom. The molecule has 0 atom stereocenters. The maximum atomic E-state index is 5.13. The van der Waals surface area contributed by atoms with Gasteiger partial charge in [0.2, 0.25) is 5.89 Å². The quantitative estimate of drug-likeness (QED) is 0.652. The van der Waals surface area contributed by atoms with E-state index in [1.807, 2.05) is 13.0 Å². The van der Waals surface area contributed by atoms with E-state index >= 15 is 0 Å². The van der Waals surface area contributed by atoms with Crippen LogP contribution in [0.4, 0.5) is 0 Å². The number of benzene rings is 1. The zero-order chi connectivity index (χ0) is 18.2. The summed E-state index contributed by atoms with van der Waals surface area (Å²) in [7, 11) is 1.80. The van der Waals surface area contributed by atoms with Crippen molar-refractivity contribution in [3.8, 4) is 0 Å². The van der Waals surface area contributed by atoms with Gasteiger partial charge in [-0.25, -0.2) is 0 Å². The third kappa shape index (κ3) is 5.16. The van der Waals surface area contributed by atoms with Crippen LogP contribution in [0.15, 0.2) is 45.9 Å². The fourth-order valence-corrected chi connectivity index (χ4v) is 2.94. The Kier molecular flexibility index (Phi) is 6.38. The second-order valence-corrected chi connectivity index (χ2v) is 6.24. The van der Waals surface area contributed by atoms with Gasteiger partial charge >= 0.3 is 0 Å². The van der Waals surface area contributed by atoms with Crippen LogP contribution in [0, 0.1) is 6.92 Å². The number of guanidine groups is 1. The van der Waals surface area contributed by atoms with Crippen molar-refractivity contribution in [3.63, 3.8) is 0 Å². The molecule has 26 heavy (non-hydrogen) atoms. The van der Waals surface area contributed by atoms with Crippen LogP contribution in [0.1, 0.15) is 17.3 Å². The molecule has 1 aromatic heterocycles. The van der Waals surface area contributed by atoms with Crippen LogP contribution >= 0.6 is 0 Å². The molecular weight excluding hydrogens is 328 g/mol. The first-order chi connectivity index (χ1) is 12.7. The largest absolute Gasteiger partial charge is 0.347 e. The van der Waals surface area contributed by atoms with Gasteiger partial charge in [0.25, 0.3) is 0 Å². The molecule has 1 fully saturated rings. The number of piperazine rings is 1. The van der Waals surface area contributed by atoms with Gasteiger partial charge in [-0.05, 0) is 12.5 Å². The number of nitrogens with zero attached hydrogens (tertiary/aromatic N) is 5. The Morgan fingerprint density at radius 1 is 1.23 bits per heavy atom. The Hall–Kier alpha value is -2.67. The molecule has 1 aliphatic heterocycles. The van der Waals surface area contributed by atoms with Gasteiger partial charge < -0.3 is 14.7 Å². The van der Waals surface area contributed by atoms with E-state index < -0.39 is 0 Å². The average molecular weight is 354 g/mol. The van der Waals surface area contributed by atoms with Crippen LogP contribution in [0.2, 0.25) is 0 Å². The van der Waals surface area contributed by atoms with Crippen molar-refractivity contribution in [2.45, 2.75) is 13.5 Å². The van der Waals surface area contributed by atoms with Crippen molar-refractivity contribution in [2.24, 2.45) is 4.99 Å². The Balaban J connectivity index is 1.42. The molecule has 0 spiro atoms. The number of hydrogen-bond donors (Lipinski definition) is 1. The van der Waals surface area contributed by atoms with Crippen LogP contribution in [0.3, 0.4) is 0 Å². The first-order valence-corrected chi connectivity index (χ1v) is 8.93. The van der Waals surface area contributed by atoms with Crippen LogP contribution in [0.25, 0.3) is 6.08 Å². The molecule has 1 aliphatic rings. The monoisotopic (exact) mass is 354 g/mol. The maximum Gasteiger partial charge on any atom is 0.246 e. The number of nitrogens with one attached hydrogen (secondary N) is 1. The topological polar surface area (TPSA) is 69.8 Å². The fraction of sp³-hybridized carbons (Fsp3) is 0.421. The minimum atomic E-state index is 0.494. The zero-order valence-corrected chi connectivity index (χ0v) is 15.4. The van der Waals surface area contributed by atoms with Gasteiger partial charge in [0, 0.05) is 39.8 Å². The highest BCUT2D eigenvalue weighted by atomic mass is 16.5. The summed E-state index contributed by atoms with van der Waals surface area (Å²) in [6.45, 7) is 7.19. The minimum absolute atomic E-state index is 0.494.